The number of benzene rings is 1. The average molecular weight is 270 g/mol. The van der Waals surface area contributed by atoms with Gasteiger partial charge in [-0.3, -0.25) is 0 Å². The van der Waals surface area contributed by atoms with Crippen LogP contribution in [0.25, 0.3) is 0 Å². The molecule has 1 aromatic carbocycles. The van der Waals surface area contributed by atoms with Gasteiger partial charge < -0.3 is 0 Å². The van der Waals surface area contributed by atoms with Gasteiger partial charge in [-0.05, 0) is 0 Å². The van der Waals surface area contributed by atoms with Crippen molar-refractivity contribution in [2.45, 2.75) is 18.7 Å². The first-order valence-corrected chi connectivity index (χ1v) is 7.81. The molecule has 2 rings (SSSR count). The molecule has 0 atom stereocenters. The summed E-state index contributed by atoms with van der Waals surface area (Å²) in [5.74, 6) is 1.26. The van der Waals surface area contributed by atoms with Crippen LogP contribution in [0.2, 0.25) is 5.32 Å². The third-order valence-corrected chi connectivity index (χ3v) is 5.92. The van der Waals surface area contributed by atoms with E-state index in [0.717, 1.165) is 5.69 Å². The summed E-state index contributed by atoms with van der Waals surface area (Å²) in [4.78, 5) is 4.67. The molecule has 0 unspecified atom stereocenters. The van der Waals surface area contributed by atoms with Crippen molar-refractivity contribution in [2.24, 2.45) is 4.99 Å². The molecule has 1 aliphatic rings. The van der Waals surface area contributed by atoms with Crippen LogP contribution in [0.4, 0.5) is 5.69 Å². The van der Waals surface area contributed by atoms with E-state index in [-0.39, 0.29) is 0 Å². The van der Waals surface area contributed by atoms with Crippen LogP contribution < -0.4 is 0 Å². The number of hydrogen-bond acceptors (Lipinski definition) is 2. The van der Waals surface area contributed by atoms with E-state index in [9.17, 15) is 0 Å². The minimum absolute atomic E-state index is 0.633. The summed E-state index contributed by atoms with van der Waals surface area (Å²) in [5.41, 5.74) is 2.41. The van der Waals surface area contributed by atoms with Crippen molar-refractivity contribution in [1.82, 2.24) is 0 Å². The Hall–Kier alpha value is -0.241. The Morgan fingerprint density at radius 2 is 2.07 bits per heavy atom. The first-order valence-electron chi connectivity index (χ1n) is 4.75. The molecule has 0 saturated carbocycles. The van der Waals surface area contributed by atoms with Crippen molar-refractivity contribution in [3.05, 3.63) is 29.8 Å². The fourth-order valence-corrected chi connectivity index (χ4v) is 5.15. The van der Waals surface area contributed by atoms with Crippen LogP contribution in [-0.2, 0) is 0 Å². The van der Waals surface area contributed by atoms with Gasteiger partial charge in [-0.25, -0.2) is 0 Å². The molecule has 0 bridgehead atoms. The Kier molecular flexibility index (Phi) is 3.68. The summed E-state index contributed by atoms with van der Waals surface area (Å²) in [7, 11) is 0. The van der Waals surface area contributed by atoms with Gasteiger partial charge in [0.2, 0.25) is 0 Å². The molecule has 0 N–H and O–H groups in total. The topological polar surface area (TPSA) is 12.4 Å². The molecule has 0 aromatic heterocycles. The second kappa shape index (κ2) is 5.01. The van der Waals surface area contributed by atoms with Crippen molar-refractivity contribution in [3.8, 4) is 0 Å². The zero-order chi connectivity index (χ0) is 9.80. The van der Waals surface area contributed by atoms with E-state index in [2.05, 4.69) is 36.2 Å². The first kappa shape index (κ1) is 10.3. The molecular formula is C11H13NSSe. The van der Waals surface area contributed by atoms with Crippen LogP contribution in [0, 0.1) is 6.92 Å². The van der Waals surface area contributed by atoms with Gasteiger partial charge in [0.15, 0.2) is 0 Å². The van der Waals surface area contributed by atoms with E-state index in [1.54, 1.807) is 0 Å². The van der Waals surface area contributed by atoms with Gasteiger partial charge in [0.05, 0.1) is 0 Å². The molecule has 0 aliphatic carbocycles. The number of rotatable bonds is 1. The maximum absolute atomic E-state index is 4.67. The van der Waals surface area contributed by atoms with Crippen LogP contribution in [-0.4, -0.2) is 24.7 Å². The van der Waals surface area contributed by atoms with Crippen LogP contribution in [0.5, 0.6) is 0 Å². The van der Waals surface area contributed by atoms with Crippen LogP contribution in [0.15, 0.2) is 29.3 Å². The number of aliphatic imine (C=N–C) groups is 1. The number of thioether (sulfide) groups is 1. The zero-order valence-electron chi connectivity index (χ0n) is 8.19. The second-order valence-electron chi connectivity index (χ2n) is 3.26. The Labute approximate surface area is 95.5 Å². The maximum atomic E-state index is 4.67. The van der Waals surface area contributed by atoms with Gasteiger partial charge in [-0.1, -0.05) is 0 Å². The Morgan fingerprint density at radius 1 is 1.29 bits per heavy atom. The summed E-state index contributed by atoms with van der Waals surface area (Å²) >= 11 is 2.57. The molecule has 74 valence electrons. The van der Waals surface area contributed by atoms with Gasteiger partial charge in [0.25, 0.3) is 0 Å². The third-order valence-electron chi connectivity index (χ3n) is 1.99. The summed E-state index contributed by atoms with van der Waals surface area (Å²) in [6.45, 7) is 2.11. The van der Waals surface area contributed by atoms with E-state index in [0.29, 0.717) is 15.0 Å². The third kappa shape index (κ3) is 2.88. The van der Waals surface area contributed by atoms with Gasteiger partial charge >= 0.3 is 95.6 Å². The van der Waals surface area contributed by atoms with Crippen LogP contribution >= 0.6 is 11.8 Å². The van der Waals surface area contributed by atoms with E-state index < -0.39 is 0 Å². The molecular weight excluding hydrogens is 257 g/mol. The van der Waals surface area contributed by atoms with Gasteiger partial charge in [-0.15, -0.1) is 0 Å². The Balaban J connectivity index is 2.11. The summed E-state index contributed by atoms with van der Waals surface area (Å²) in [5, 5.41) is 1.37. The van der Waals surface area contributed by atoms with Crippen molar-refractivity contribution in [3.63, 3.8) is 0 Å². The summed E-state index contributed by atoms with van der Waals surface area (Å²) in [6.07, 6.45) is 1.37. The van der Waals surface area contributed by atoms with Crippen molar-refractivity contribution < 1.29 is 0 Å². The Morgan fingerprint density at radius 3 is 2.71 bits per heavy atom. The molecule has 1 aliphatic heterocycles. The number of hydrogen-bond donors (Lipinski definition) is 0. The van der Waals surface area contributed by atoms with Crippen molar-refractivity contribution >= 4 is 36.3 Å². The predicted octanol–water partition coefficient (Wildman–Crippen LogP) is 3.24. The molecule has 1 nitrogen and oxygen atoms in total. The molecule has 1 aromatic rings. The Bertz CT molecular complexity index is 324. The van der Waals surface area contributed by atoms with Crippen molar-refractivity contribution in [2.75, 3.05) is 5.75 Å². The average Bonchev–Trinajstić information content (AvgIpc) is 2.23. The molecule has 1 heterocycles. The minimum atomic E-state index is 0.633. The molecule has 1 saturated heterocycles. The number of aryl methyl sites for hydroxylation is 1. The quantitative estimate of drug-likeness (QED) is 0.714. The monoisotopic (exact) mass is 271 g/mol. The zero-order valence-corrected chi connectivity index (χ0v) is 10.7. The molecule has 1 fully saturated rings. The van der Waals surface area contributed by atoms with Crippen molar-refractivity contribution in [1.29, 1.82) is 0 Å². The van der Waals surface area contributed by atoms with Gasteiger partial charge in [-0.2, -0.15) is 0 Å². The summed E-state index contributed by atoms with van der Waals surface area (Å²) < 4.78 is 1.37. The van der Waals surface area contributed by atoms with Gasteiger partial charge in [0.1, 0.15) is 0 Å². The van der Waals surface area contributed by atoms with Crippen LogP contribution in [0.1, 0.15) is 12.0 Å². The first-order chi connectivity index (χ1) is 6.84. The SMILES string of the molecule is Cc1ccc(N=C2SCCC[Se]2)cc1. The molecule has 0 spiro atoms. The standard InChI is InChI=1S/C11H13NSSe/c1-9-3-5-10(6-4-9)12-11-13-7-2-8-14-11/h3-6H,2,7-8H2,1H3. The van der Waals surface area contributed by atoms with E-state index in [1.807, 2.05) is 11.8 Å². The second-order valence-corrected chi connectivity index (χ2v) is 7.20. The normalized spacial score (nSPS) is 19.9. The molecule has 14 heavy (non-hydrogen) atoms. The van der Waals surface area contributed by atoms with E-state index in [4.69, 9.17) is 0 Å². The fourth-order valence-electron chi connectivity index (χ4n) is 1.21. The molecule has 3 heteroatoms. The van der Waals surface area contributed by atoms with E-state index >= 15 is 0 Å². The van der Waals surface area contributed by atoms with Crippen LogP contribution in [0.3, 0.4) is 0 Å². The summed E-state index contributed by atoms with van der Waals surface area (Å²) in [6, 6.07) is 8.46. The fraction of sp³-hybridized carbons (Fsp3) is 0.364. The number of nitrogens with zero attached hydrogens (tertiary/aromatic N) is 1. The molecule has 0 radical (unpaired) electrons. The van der Waals surface area contributed by atoms with Gasteiger partial charge in [0, 0.05) is 0 Å². The predicted molar refractivity (Wildman–Crippen MR) is 65.9 cm³/mol. The molecule has 0 amide bonds. The van der Waals surface area contributed by atoms with E-state index in [1.165, 1.54) is 27.0 Å².